The Morgan fingerprint density at radius 2 is 1.60 bits per heavy atom. The van der Waals surface area contributed by atoms with Crippen LogP contribution >= 0.6 is 0 Å². The average Bonchev–Trinajstić information content (AvgIpc) is 3.71. The van der Waals surface area contributed by atoms with E-state index in [1.54, 1.807) is 6.07 Å². The Balaban J connectivity index is 1.04. The summed E-state index contributed by atoms with van der Waals surface area (Å²) in [7, 11) is -4.34. The van der Waals surface area contributed by atoms with Crippen LogP contribution in [0.1, 0.15) is 34.5 Å². The minimum absolute atomic E-state index is 0.239. The number of nitrogens with one attached hydrogen (secondary N) is 2. The van der Waals surface area contributed by atoms with Gasteiger partial charge in [0.05, 0.1) is 16.5 Å². The maximum atomic E-state index is 13.9. The van der Waals surface area contributed by atoms with Gasteiger partial charge in [0, 0.05) is 59.9 Å². The molecule has 1 fully saturated rings. The van der Waals surface area contributed by atoms with Crippen LogP contribution in [0.15, 0.2) is 100 Å². The van der Waals surface area contributed by atoms with E-state index in [2.05, 4.69) is 20.9 Å². The molecule has 9 nitrogen and oxygen atoms in total. The van der Waals surface area contributed by atoms with E-state index in [0.717, 1.165) is 92.8 Å². The molecule has 7 rings (SSSR count). The second kappa shape index (κ2) is 13.8. The molecule has 254 valence electrons. The Hall–Kier alpha value is -5.51. The fourth-order valence-electron chi connectivity index (χ4n) is 6.52. The van der Waals surface area contributed by atoms with Crippen LogP contribution < -0.4 is 9.62 Å². The van der Waals surface area contributed by atoms with Crippen LogP contribution in [0.3, 0.4) is 0 Å². The summed E-state index contributed by atoms with van der Waals surface area (Å²) < 4.78 is 61.2. The summed E-state index contributed by atoms with van der Waals surface area (Å²) in [4.78, 5) is 21.2. The van der Waals surface area contributed by atoms with Crippen molar-refractivity contribution >= 4 is 43.5 Å². The second-order valence-corrected chi connectivity index (χ2v) is 14.0. The Kier molecular flexibility index (Phi) is 9.10. The van der Waals surface area contributed by atoms with Crippen LogP contribution in [-0.4, -0.2) is 56.9 Å². The number of H-pyrrole nitrogens is 1. The largest absolute Gasteiger partial charge is 0.450 e. The minimum atomic E-state index is -4.34. The highest BCUT2D eigenvalue weighted by molar-refractivity contribution is 7.90. The number of nitriles is 1. The number of fused-ring (bicyclic) bond motifs is 2. The fourth-order valence-corrected chi connectivity index (χ4v) is 7.47. The number of piperazine rings is 1. The molecule has 6 aromatic rings. The van der Waals surface area contributed by atoms with Gasteiger partial charge in [0.25, 0.3) is 10.0 Å². The molecule has 1 aliphatic heterocycles. The molecule has 0 aliphatic carbocycles. The molecule has 4 aromatic carbocycles. The fraction of sp³-hybridized carbons (Fsp3) is 0.211. The first-order valence-electron chi connectivity index (χ1n) is 16.3. The van der Waals surface area contributed by atoms with Gasteiger partial charge in [0.2, 0.25) is 5.76 Å². The lowest BCUT2D eigenvalue weighted by molar-refractivity contribution is 0.0957. The van der Waals surface area contributed by atoms with Crippen molar-refractivity contribution in [3.05, 3.63) is 120 Å². The van der Waals surface area contributed by atoms with Crippen molar-refractivity contribution in [1.82, 2.24) is 14.6 Å². The summed E-state index contributed by atoms with van der Waals surface area (Å²) in [5.41, 5.74) is 5.04. The Labute approximate surface area is 287 Å². The molecule has 1 saturated heterocycles. The smallest absolute Gasteiger partial charge is 0.301 e. The van der Waals surface area contributed by atoms with Gasteiger partial charge in [0.15, 0.2) is 0 Å². The number of amides is 1. The van der Waals surface area contributed by atoms with Gasteiger partial charge in [-0.15, -0.1) is 0 Å². The monoisotopic (exact) mass is 693 g/mol. The Morgan fingerprint density at radius 1 is 0.880 bits per heavy atom. The second-order valence-electron chi connectivity index (χ2n) is 12.4. The minimum Gasteiger partial charge on any atom is -0.450 e. The van der Waals surface area contributed by atoms with Gasteiger partial charge in [-0.3, -0.25) is 9.69 Å². The van der Waals surface area contributed by atoms with Crippen LogP contribution in [0.25, 0.3) is 33.0 Å². The number of benzene rings is 4. The zero-order chi connectivity index (χ0) is 34.8. The first-order chi connectivity index (χ1) is 24.2. The molecular formula is C38H33F2N5O4S. The number of hydrogen-bond donors (Lipinski definition) is 2. The molecule has 2 N–H and O–H groups in total. The van der Waals surface area contributed by atoms with E-state index in [4.69, 9.17) is 4.42 Å². The van der Waals surface area contributed by atoms with E-state index in [1.165, 1.54) is 29.8 Å². The molecular weight excluding hydrogens is 661 g/mol. The maximum absolute atomic E-state index is 13.9. The van der Waals surface area contributed by atoms with Crippen LogP contribution in [0.5, 0.6) is 0 Å². The molecule has 1 amide bonds. The third kappa shape index (κ3) is 6.83. The first kappa shape index (κ1) is 33.0. The molecule has 0 unspecified atom stereocenters. The van der Waals surface area contributed by atoms with Crippen molar-refractivity contribution in [1.29, 1.82) is 5.26 Å². The van der Waals surface area contributed by atoms with E-state index < -0.39 is 27.6 Å². The van der Waals surface area contributed by atoms with Crippen molar-refractivity contribution in [2.45, 2.75) is 24.2 Å². The third-order valence-electron chi connectivity index (χ3n) is 9.17. The number of carbonyl (C=O) groups excluding carboxylic acids is 1. The van der Waals surface area contributed by atoms with Crippen LogP contribution in [0.2, 0.25) is 0 Å². The van der Waals surface area contributed by atoms with E-state index >= 15 is 0 Å². The van der Waals surface area contributed by atoms with Gasteiger partial charge < -0.3 is 14.3 Å². The number of rotatable bonds is 10. The van der Waals surface area contributed by atoms with E-state index in [9.17, 15) is 27.3 Å². The summed E-state index contributed by atoms with van der Waals surface area (Å²) in [6.07, 6.45) is 5.06. The maximum Gasteiger partial charge on any atom is 0.301 e. The molecule has 0 saturated carbocycles. The van der Waals surface area contributed by atoms with Gasteiger partial charge in [-0.25, -0.2) is 21.9 Å². The summed E-state index contributed by atoms with van der Waals surface area (Å²) in [6.45, 7) is 4.31. The molecule has 1 aliphatic rings. The lowest BCUT2D eigenvalue weighted by atomic mass is 10.0. The zero-order valence-electron chi connectivity index (χ0n) is 27.0. The number of carbonyl (C=O) groups is 1. The van der Waals surface area contributed by atoms with Crippen molar-refractivity contribution < 1.29 is 26.4 Å². The number of hydrogen-bond acceptors (Lipinski definition) is 7. The van der Waals surface area contributed by atoms with Gasteiger partial charge in [0.1, 0.15) is 17.2 Å². The highest BCUT2D eigenvalue weighted by Crippen LogP contribution is 2.37. The zero-order valence-corrected chi connectivity index (χ0v) is 27.8. The van der Waals surface area contributed by atoms with Gasteiger partial charge in [-0.1, -0.05) is 12.1 Å². The lowest BCUT2D eigenvalue weighted by Gasteiger charge is -2.36. The topological polar surface area (TPSA) is 122 Å². The number of nitrogens with zero attached hydrogens (tertiary/aromatic N) is 3. The molecule has 0 radical (unpaired) electrons. The summed E-state index contributed by atoms with van der Waals surface area (Å²) >= 11 is 0. The number of furan rings is 1. The summed E-state index contributed by atoms with van der Waals surface area (Å²) in [5, 5.41) is 10.9. The number of aryl methyl sites for hydroxylation is 1. The summed E-state index contributed by atoms with van der Waals surface area (Å²) in [5.74, 6) is -2.32. The van der Waals surface area contributed by atoms with E-state index in [-0.39, 0.29) is 10.7 Å². The van der Waals surface area contributed by atoms with Gasteiger partial charge >= 0.3 is 5.91 Å². The predicted molar refractivity (Wildman–Crippen MR) is 187 cm³/mol. The molecule has 0 bridgehead atoms. The molecule has 0 spiro atoms. The highest BCUT2D eigenvalue weighted by Gasteiger charge is 2.27. The number of anilines is 1. The standard InChI is InChI=1S/C38H33F2N5O4S/c39-28-7-5-26(6-8-28)36-33-22-30(11-15-35(33)49-37(36)38(46)43-50(47,48)31-12-9-29(40)10-13-31)45-19-17-44(18-20-45)16-2-1-3-27-24-42-34-14-4-25(23-41)21-32(27)34/h4-15,21-22,24,42H,1-3,16-20H2,(H,43,46). The van der Waals surface area contributed by atoms with Crippen molar-refractivity contribution in [3.8, 4) is 17.2 Å². The van der Waals surface area contributed by atoms with Crippen molar-refractivity contribution in [2.75, 3.05) is 37.6 Å². The number of aromatic amines is 1. The quantitative estimate of drug-likeness (QED) is 0.148. The van der Waals surface area contributed by atoms with Gasteiger partial charge in [-0.2, -0.15) is 5.26 Å². The van der Waals surface area contributed by atoms with Crippen LogP contribution in [0.4, 0.5) is 14.5 Å². The van der Waals surface area contributed by atoms with Gasteiger partial charge in [-0.05, 0) is 110 Å². The number of halogens is 2. The van der Waals surface area contributed by atoms with Crippen molar-refractivity contribution in [3.63, 3.8) is 0 Å². The first-order valence-corrected chi connectivity index (χ1v) is 17.8. The highest BCUT2D eigenvalue weighted by atomic mass is 32.2. The van der Waals surface area contributed by atoms with E-state index in [0.29, 0.717) is 27.7 Å². The molecule has 2 aromatic heterocycles. The predicted octanol–water partition coefficient (Wildman–Crippen LogP) is 6.99. The molecule has 3 heterocycles. The molecule has 12 heteroatoms. The Bertz CT molecular complexity index is 2340. The number of aromatic nitrogens is 1. The number of sulfonamides is 1. The normalized spacial score (nSPS) is 13.9. The summed E-state index contributed by atoms with van der Waals surface area (Å²) in [6, 6.07) is 23.2. The average molecular weight is 694 g/mol. The molecule has 50 heavy (non-hydrogen) atoms. The molecule has 0 atom stereocenters. The third-order valence-corrected chi connectivity index (χ3v) is 10.5. The van der Waals surface area contributed by atoms with Crippen LogP contribution in [-0.2, 0) is 16.4 Å². The van der Waals surface area contributed by atoms with Crippen LogP contribution in [0, 0.1) is 23.0 Å². The van der Waals surface area contributed by atoms with Crippen molar-refractivity contribution in [2.24, 2.45) is 0 Å². The number of unbranched alkanes of at least 4 members (excludes halogenated alkanes) is 1. The Morgan fingerprint density at radius 3 is 2.32 bits per heavy atom. The lowest BCUT2D eigenvalue weighted by Crippen LogP contribution is -2.46. The SMILES string of the molecule is N#Cc1ccc2[nH]cc(CCCCN3CCN(c4ccc5oc(C(=O)NS(=O)(=O)c6ccc(F)cc6)c(-c6ccc(F)cc6)c5c4)CC3)c2c1. The van der Waals surface area contributed by atoms with E-state index in [1.807, 2.05) is 41.3 Å².